The van der Waals surface area contributed by atoms with Crippen molar-refractivity contribution in [2.24, 2.45) is 4.99 Å². The summed E-state index contributed by atoms with van der Waals surface area (Å²) in [5.74, 6) is -0.966. The first kappa shape index (κ1) is 20.3. The maximum absolute atomic E-state index is 13.4. The van der Waals surface area contributed by atoms with E-state index in [4.69, 9.17) is 19.2 Å². The van der Waals surface area contributed by atoms with Crippen molar-refractivity contribution in [2.75, 3.05) is 6.61 Å². The molecule has 3 atom stereocenters. The first-order valence-corrected chi connectivity index (χ1v) is 10.9. The number of fused-ring (bicyclic) bond motifs is 2. The van der Waals surface area contributed by atoms with Crippen molar-refractivity contribution in [2.45, 2.75) is 38.1 Å². The fourth-order valence-corrected chi connectivity index (χ4v) is 4.60. The average molecular weight is 446 g/mol. The molecule has 0 saturated carbocycles. The lowest BCUT2D eigenvalue weighted by Crippen LogP contribution is -2.29. The molecule has 2 saturated heterocycles. The van der Waals surface area contributed by atoms with Crippen LogP contribution in [0.25, 0.3) is 22.2 Å². The highest BCUT2D eigenvalue weighted by molar-refractivity contribution is 5.93. The van der Waals surface area contributed by atoms with Gasteiger partial charge in [0.1, 0.15) is 30.0 Å². The van der Waals surface area contributed by atoms with Gasteiger partial charge in [0.15, 0.2) is 17.5 Å². The Kier molecular flexibility index (Phi) is 4.69. The van der Waals surface area contributed by atoms with Gasteiger partial charge in [-0.2, -0.15) is 0 Å². The number of benzene rings is 2. The number of hydrogen-bond acceptors (Lipinski definition) is 5. The smallest absolute Gasteiger partial charge is 0.165 e. The van der Waals surface area contributed by atoms with Crippen LogP contribution >= 0.6 is 0 Å². The van der Waals surface area contributed by atoms with E-state index in [9.17, 15) is 4.39 Å². The van der Waals surface area contributed by atoms with Crippen LogP contribution in [0.4, 0.5) is 10.1 Å². The van der Waals surface area contributed by atoms with E-state index in [2.05, 4.69) is 9.97 Å². The Morgan fingerprint density at radius 2 is 1.88 bits per heavy atom. The fraction of sp³-hybridized carbons (Fsp3) is 0.280. The summed E-state index contributed by atoms with van der Waals surface area (Å²) >= 11 is 0. The standard InChI is InChI=1S/C25H23FN4O3/c1-25(2)32-19-13-31-24(21(19)33-25)30-14-28-22(29-17-10-8-16(26)9-11-17)20-18(12-27-23(20)30)15-6-4-3-5-7-15/h3-12,14,19,21,24,27H,13H2,1-2H3/t19-,21-,24-/m1/s1. The zero-order valence-electron chi connectivity index (χ0n) is 18.2. The van der Waals surface area contributed by atoms with E-state index in [0.717, 1.165) is 22.2 Å². The summed E-state index contributed by atoms with van der Waals surface area (Å²) in [7, 11) is 0. The number of hydrogen-bond donors (Lipinski definition) is 1. The molecule has 0 amide bonds. The van der Waals surface area contributed by atoms with Gasteiger partial charge in [-0.05, 0) is 43.7 Å². The van der Waals surface area contributed by atoms with E-state index >= 15 is 0 Å². The van der Waals surface area contributed by atoms with Crippen LogP contribution in [0.15, 0.2) is 72.1 Å². The Morgan fingerprint density at radius 1 is 1.09 bits per heavy atom. The topological polar surface area (TPSA) is 73.7 Å². The number of aromatic amines is 1. The molecule has 1 N–H and O–H groups in total. The summed E-state index contributed by atoms with van der Waals surface area (Å²) in [6, 6.07) is 16.1. The molecule has 33 heavy (non-hydrogen) atoms. The lowest BCUT2D eigenvalue weighted by molar-refractivity contribution is -0.183. The van der Waals surface area contributed by atoms with E-state index in [0.29, 0.717) is 17.8 Å². The second-order valence-corrected chi connectivity index (χ2v) is 8.72. The predicted octanol–water partition coefficient (Wildman–Crippen LogP) is 4.45. The Morgan fingerprint density at radius 3 is 2.67 bits per heavy atom. The van der Waals surface area contributed by atoms with Gasteiger partial charge in [0.25, 0.3) is 0 Å². The second-order valence-electron chi connectivity index (χ2n) is 8.72. The van der Waals surface area contributed by atoms with Crippen LogP contribution in [0.2, 0.25) is 0 Å². The summed E-state index contributed by atoms with van der Waals surface area (Å²) in [5, 5.41) is 0.846. The van der Waals surface area contributed by atoms with E-state index in [-0.39, 0.29) is 18.0 Å². The van der Waals surface area contributed by atoms with Crippen molar-refractivity contribution in [1.29, 1.82) is 0 Å². The molecule has 2 aromatic carbocycles. The van der Waals surface area contributed by atoms with Crippen molar-refractivity contribution in [3.63, 3.8) is 0 Å². The number of H-pyrrole nitrogens is 1. The molecule has 2 fully saturated rings. The number of halogens is 1. The predicted molar refractivity (Wildman–Crippen MR) is 120 cm³/mol. The third-order valence-electron chi connectivity index (χ3n) is 6.00. The summed E-state index contributed by atoms with van der Waals surface area (Å²) in [6.07, 6.45) is 2.87. The van der Waals surface area contributed by atoms with E-state index < -0.39 is 12.0 Å². The minimum Gasteiger partial charge on any atom is -0.352 e. The normalized spacial score (nSPS) is 24.5. The summed E-state index contributed by atoms with van der Waals surface area (Å²) in [6.45, 7) is 4.27. The molecule has 2 aliphatic rings. The SMILES string of the molecule is CC1(C)O[C@H]2[C@H](n3cnc(=Nc4ccc(F)cc4)c4c(-c5ccccc5)c[nH]c43)OC[C@H]2O1. The largest absolute Gasteiger partial charge is 0.352 e. The van der Waals surface area contributed by atoms with Gasteiger partial charge in [0, 0.05) is 11.8 Å². The van der Waals surface area contributed by atoms with Crippen molar-refractivity contribution >= 4 is 16.7 Å². The fourth-order valence-electron chi connectivity index (χ4n) is 4.60. The Balaban J connectivity index is 1.54. The highest BCUT2D eigenvalue weighted by Gasteiger charge is 2.51. The molecule has 2 aliphatic heterocycles. The van der Waals surface area contributed by atoms with Crippen LogP contribution in [0.5, 0.6) is 0 Å². The maximum atomic E-state index is 13.4. The summed E-state index contributed by atoms with van der Waals surface area (Å²) < 4.78 is 33.6. The molecule has 0 radical (unpaired) electrons. The van der Waals surface area contributed by atoms with E-state index in [1.807, 2.05) is 54.9 Å². The minimum atomic E-state index is -0.659. The van der Waals surface area contributed by atoms with Crippen LogP contribution in [-0.4, -0.2) is 39.1 Å². The number of rotatable bonds is 3. The monoisotopic (exact) mass is 446 g/mol. The van der Waals surface area contributed by atoms with Crippen LogP contribution in [0.1, 0.15) is 20.1 Å². The van der Waals surface area contributed by atoms with Crippen molar-refractivity contribution in [3.05, 3.63) is 78.4 Å². The minimum absolute atomic E-state index is 0.139. The number of aromatic nitrogens is 3. The van der Waals surface area contributed by atoms with Crippen molar-refractivity contribution in [3.8, 4) is 11.1 Å². The molecule has 0 aliphatic carbocycles. The molecule has 168 valence electrons. The highest BCUT2D eigenvalue weighted by atomic mass is 19.1. The lowest BCUT2D eigenvalue weighted by atomic mass is 10.1. The molecular formula is C25H23FN4O3. The molecule has 6 rings (SSSR count). The molecule has 0 spiro atoms. The molecule has 4 heterocycles. The molecular weight excluding hydrogens is 423 g/mol. The van der Waals surface area contributed by atoms with E-state index in [1.165, 1.54) is 12.1 Å². The molecule has 0 bridgehead atoms. The van der Waals surface area contributed by atoms with Crippen LogP contribution < -0.4 is 5.49 Å². The highest BCUT2D eigenvalue weighted by Crippen LogP contribution is 2.40. The van der Waals surface area contributed by atoms with Crippen molar-refractivity contribution in [1.82, 2.24) is 14.5 Å². The quantitative estimate of drug-likeness (QED) is 0.505. The van der Waals surface area contributed by atoms with Gasteiger partial charge in [-0.15, -0.1) is 0 Å². The Labute approximate surface area is 189 Å². The van der Waals surface area contributed by atoms with Gasteiger partial charge in [0.2, 0.25) is 0 Å². The Hall–Kier alpha value is -3.33. The van der Waals surface area contributed by atoms with Crippen molar-refractivity contribution < 1.29 is 18.6 Å². The van der Waals surface area contributed by atoms with Crippen LogP contribution in [-0.2, 0) is 14.2 Å². The van der Waals surface area contributed by atoms with Gasteiger partial charge in [-0.3, -0.25) is 4.57 Å². The first-order chi connectivity index (χ1) is 16.0. The maximum Gasteiger partial charge on any atom is 0.165 e. The van der Waals surface area contributed by atoms with Gasteiger partial charge >= 0.3 is 0 Å². The summed E-state index contributed by atoms with van der Waals surface area (Å²) in [4.78, 5) is 12.8. The van der Waals surface area contributed by atoms with Gasteiger partial charge in [-0.25, -0.2) is 14.4 Å². The molecule has 7 nitrogen and oxygen atoms in total. The molecule has 8 heteroatoms. The Bertz CT molecular complexity index is 1380. The number of nitrogens with one attached hydrogen (secondary N) is 1. The van der Waals surface area contributed by atoms with Gasteiger partial charge < -0.3 is 19.2 Å². The average Bonchev–Trinajstić information content (AvgIpc) is 3.49. The first-order valence-electron chi connectivity index (χ1n) is 10.9. The summed E-state index contributed by atoms with van der Waals surface area (Å²) in [5.41, 5.74) is 3.96. The van der Waals surface area contributed by atoms with Crippen LogP contribution in [0.3, 0.4) is 0 Å². The molecule has 0 unspecified atom stereocenters. The zero-order valence-corrected chi connectivity index (χ0v) is 18.2. The van der Waals surface area contributed by atoms with Gasteiger partial charge in [-0.1, -0.05) is 30.3 Å². The third kappa shape index (κ3) is 3.56. The number of ether oxygens (including phenoxy) is 3. The lowest BCUT2D eigenvalue weighted by Gasteiger charge is -2.23. The molecule has 2 aromatic heterocycles. The zero-order chi connectivity index (χ0) is 22.6. The van der Waals surface area contributed by atoms with E-state index in [1.54, 1.807) is 18.5 Å². The van der Waals surface area contributed by atoms with Crippen LogP contribution in [0, 0.1) is 5.82 Å². The third-order valence-corrected chi connectivity index (χ3v) is 6.00. The second kappa shape index (κ2) is 7.62. The van der Waals surface area contributed by atoms with Gasteiger partial charge in [0.05, 0.1) is 17.7 Å². The number of nitrogens with zero attached hydrogens (tertiary/aromatic N) is 3. The molecule has 4 aromatic rings.